The Morgan fingerprint density at radius 3 is 2.91 bits per heavy atom. The van der Waals surface area contributed by atoms with Gasteiger partial charge >= 0.3 is 0 Å². The van der Waals surface area contributed by atoms with Gasteiger partial charge < -0.3 is 5.32 Å². The maximum absolute atomic E-state index is 12.0. The van der Waals surface area contributed by atoms with Gasteiger partial charge in [0.25, 0.3) is 0 Å². The first kappa shape index (κ1) is 16.2. The van der Waals surface area contributed by atoms with Crippen molar-refractivity contribution in [3.8, 4) is 0 Å². The first-order valence-corrected chi connectivity index (χ1v) is 9.01. The zero-order chi connectivity index (χ0) is 16.2. The number of aromatic nitrogens is 3. The molecule has 0 aliphatic rings. The van der Waals surface area contributed by atoms with Crippen LogP contribution in [0.1, 0.15) is 10.4 Å². The van der Waals surface area contributed by atoms with Crippen LogP contribution in [0, 0.1) is 6.92 Å². The fraction of sp³-hybridized carbons (Fsp3) is 0.200. The van der Waals surface area contributed by atoms with Crippen LogP contribution in [-0.4, -0.2) is 26.6 Å². The first-order valence-electron chi connectivity index (χ1n) is 6.83. The molecule has 1 amide bonds. The van der Waals surface area contributed by atoms with Gasteiger partial charge in [0.05, 0.1) is 16.2 Å². The second-order valence-corrected chi connectivity index (χ2v) is 7.30. The summed E-state index contributed by atoms with van der Waals surface area (Å²) >= 11 is 9.21. The monoisotopic (exact) mass is 364 g/mol. The van der Waals surface area contributed by atoms with Crippen molar-refractivity contribution in [3.63, 3.8) is 0 Å². The molecule has 0 radical (unpaired) electrons. The maximum Gasteiger partial charge on any atom is 0.230 e. The van der Waals surface area contributed by atoms with E-state index in [1.54, 1.807) is 12.4 Å². The van der Waals surface area contributed by atoms with Gasteiger partial charge in [0.15, 0.2) is 0 Å². The second kappa shape index (κ2) is 7.25. The Kier molecular flexibility index (Phi) is 5.09. The van der Waals surface area contributed by atoms with Crippen LogP contribution in [-0.2, 0) is 11.3 Å². The minimum atomic E-state index is -0.0540. The number of rotatable bonds is 5. The molecule has 3 heterocycles. The summed E-state index contributed by atoms with van der Waals surface area (Å²) in [7, 11) is 0. The van der Waals surface area contributed by atoms with E-state index >= 15 is 0 Å². The molecule has 3 aromatic heterocycles. The predicted octanol–water partition coefficient (Wildman–Crippen LogP) is 3.46. The van der Waals surface area contributed by atoms with Crippen LogP contribution in [0.2, 0.25) is 5.02 Å². The van der Waals surface area contributed by atoms with Gasteiger partial charge in [-0.1, -0.05) is 23.4 Å². The number of halogens is 1. The molecule has 23 heavy (non-hydrogen) atoms. The zero-order valence-corrected chi connectivity index (χ0v) is 14.6. The van der Waals surface area contributed by atoms with Crippen molar-refractivity contribution in [2.24, 2.45) is 0 Å². The van der Waals surface area contributed by atoms with Crippen LogP contribution in [0.3, 0.4) is 0 Å². The number of thioether (sulfide) groups is 1. The van der Waals surface area contributed by atoms with Crippen molar-refractivity contribution in [3.05, 3.63) is 46.3 Å². The van der Waals surface area contributed by atoms with E-state index in [0.717, 1.165) is 25.7 Å². The number of pyridine rings is 1. The third kappa shape index (κ3) is 3.80. The normalized spacial score (nSPS) is 10.9. The standard InChI is InChI=1S/C15H13ClN4OS2/c1-9-13(16)12-14(19-8-20-15(12)23-9)22-7-11(21)18-6-10-2-4-17-5-3-10/h2-5,8H,6-7H2,1H3,(H,18,21). The summed E-state index contributed by atoms with van der Waals surface area (Å²) in [5.41, 5.74) is 1.01. The third-order valence-corrected chi connectivity index (χ3v) is 5.72. The van der Waals surface area contributed by atoms with Gasteiger partial charge in [-0.15, -0.1) is 11.3 Å². The van der Waals surface area contributed by atoms with Crippen molar-refractivity contribution >= 4 is 50.8 Å². The molecule has 0 spiro atoms. The molecule has 0 unspecified atom stereocenters. The number of carbonyl (C=O) groups is 1. The highest BCUT2D eigenvalue weighted by Crippen LogP contribution is 2.38. The summed E-state index contributed by atoms with van der Waals surface area (Å²) in [5, 5.41) is 5.12. The minimum absolute atomic E-state index is 0.0540. The van der Waals surface area contributed by atoms with E-state index in [2.05, 4.69) is 20.3 Å². The molecule has 0 aliphatic heterocycles. The number of aryl methyl sites for hydroxylation is 1. The molecule has 0 atom stereocenters. The minimum Gasteiger partial charge on any atom is -0.351 e. The lowest BCUT2D eigenvalue weighted by molar-refractivity contribution is -0.118. The number of hydrogen-bond acceptors (Lipinski definition) is 6. The molecule has 8 heteroatoms. The average Bonchev–Trinajstić information content (AvgIpc) is 2.87. The summed E-state index contributed by atoms with van der Waals surface area (Å²) < 4.78 is 0. The van der Waals surface area contributed by atoms with Gasteiger partial charge in [0.1, 0.15) is 16.2 Å². The van der Waals surface area contributed by atoms with Gasteiger partial charge in [0, 0.05) is 23.8 Å². The Hall–Kier alpha value is -1.70. The molecule has 0 fully saturated rings. The summed E-state index contributed by atoms with van der Waals surface area (Å²) in [6, 6.07) is 3.74. The highest BCUT2D eigenvalue weighted by Gasteiger charge is 2.14. The van der Waals surface area contributed by atoms with Gasteiger partial charge in [0.2, 0.25) is 5.91 Å². The molecular weight excluding hydrogens is 352 g/mol. The van der Waals surface area contributed by atoms with Crippen LogP contribution in [0.15, 0.2) is 35.9 Å². The Morgan fingerprint density at radius 1 is 1.35 bits per heavy atom. The third-order valence-electron chi connectivity index (χ3n) is 3.14. The van der Waals surface area contributed by atoms with Crippen LogP contribution in [0.25, 0.3) is 10.2 Å². The number of nitrogens with zero attached hydrogens (tertiary/aromatic N) is 3. The molecule has 5 nitrogen and oxygen atoms in total. The largest absolute Gasteiger partial charge is 0.351 e. The fourth-order valence-corrected chi connectivity index (χ4v) is 4.17. The Bertz CT molecular complexity index is 838. The number of hydrogen-bond donors (Lipinski definition) is 1. The van der Waals surface area contributed by atoms with E-state index in [-0.39, 0.29) is 11.7 Å². The van der Waals surface area contributed by atoms with E-state index < -0.39 is 0 Å². The molecule has 3 rings (SSSR count). The van der Waals surface area contributed by atoms with Gasteiger partial charge in [-0.3, -0.25) is 9.78 Å². The molecule has 0 bridgehead atoms. The Balaban J connectivity index is 1.63. The molecule has 0 aliphatic carbocycles. The van der Waals surface area contributed by atoms with Crippen molar-refractivity contribution in [2.45, 2.75) is 18.5 Å². The van der Waals surface area contributed by atoms with Crippen molar-refractivity contribution < 1.29 is 4.79 Å². The summed E-state index contributed by atoms with van der Waals surface area (Å²) in [5.74, 6) is 0.226. The molecule has 0 aromatic carbocycles. The predicted molar refractivity (Wildman–Crippen MR) is 94.0 cm³/mol. The number of carbonyl (C=O) groups excluding carboxylic acids is 1. The summed E-state index contributed by atoms with van der Waals surface area (Å²) in [6.07, 6.45) is 4.91. The van der Waals surface area contributed by atoms with E-state index in [4.69, 9.17) is 11.6 Å². The zero-order valence-electron chi connectivity index (χ0n) is 12.2. The fourth-order valence-electron chi connectivity index (χ4n) is 1.98. The number of fused-ring (bicyclic) bond motifs is 1. The van der Waals surface area contributed by atoms with E-state index in [1.165, 1.54) is 29.4 Å². The number of nitrogens with one attached hydrogen (secondary N) is 1. The van der Waals surface area contributed by atoms with Crippen LogP contribution < -0.4 is 5.32 Å². The molecule has 0 saturated heterocycles. The van der Waals surface area contributed by atoms with Gasteiger partial charge in [-0.2, -0.15) is 0 Å². The molecular formula is C15H13ClN4OS2. The summed E-state index contributed by atoms with van der Waals surface area (Å²) in [4.78, 5) is 26.3. The van der Waals surface area contributed by atoms with Crippen LogP contribution >= 0.6 is 34.7 Å². The quantitative estimate of drug-likeness (QED) is 0.554. The van der Waals surface area contributed by atoms with Crippen LogP contribution in [0.4, 0.5) is 0 Å². The number of amides is 1. The summed E-state index contributed by atoms with van der Waals surface area (Å²) in [6.45, 7) is 2.43. The van der Waals surface area contributed by atoms with Gasteiger partial charge in [-0.05, 0) is 24.6 Å². The molecule has 1 N–H and O–H groups in total. The van der Waals surface area contributed by atoms with Crippen molar-refractivity contribution in [1.29, 1.82) is 0 Å². The molecule has 3 aromatic rings. The number of thiophene rings is 1. The Labute approximate surface area is 146 Å². The highest BCUT2D eigenvalue weighted by atomic mass is 35.5. The second-order valence-electron chi connectivity index (χ2n) is 4.75. The lowest BCUT2D eigenvalue weighted by atomic mass is 10.3. The molecule has 118 valence electrons. The topological polar surface area (TPSA) is 67.8 Å². The first-order chi connectivity index (χ1) is 11.1. The molecule has 0 saturated carbocycles. The van der Waals surface area contributed by atoms with Crippen molar-refractivity contribution in [2.75, 3.05) is 5.75 Å². The SMILES string of the molecule is Cc1sc2ncnc(SCC(=O)NCc3ccncc3)c2c1Cl. The highest BCUT2D eigenvalue weighted by molar-refractivity contribution is 8.00. The average molecular weight is 365 g/mol. The smallest absolute Gasteiger partial charge is 0.230 e. The Morgan fingerprint density at radius 2 is 2.13 bits per heavy atom. The van der Waals surface area contributed by atoms with Crippen molar-refractivity contribution in [1.82, 2.24) is 20.3 Å². The van der Waals surface area contributed by atoms with E-state index in [0.29, 0.717) is 11.6 Å². The maximum atomic E-state index is 12.0. The lowest BCUT2D eigenvalue weighted by Gasteiger charge is -2.05. The van der Waals surface area contributed by atoms with E-state index in [9.17, 15) is 4.79 Å². The van der Waals surface area contributed by atoms with Gasteiger partial charge in [-0.25, -0.2) is 9.97 Å². The van der Waals surface area contributed by atoms with E-state index in [1.807, 2.05) is 19.1 Å². The van der Waals surface area contributed by atoms with Crippen LogP contribution in [0.5, 0.6) is 0 Å². The lowest BCUT2D eigenvalue weighted by Crippen LogP contribution is -2.24.